The van der Waals surface area contributed by atoms with E-state index in [2.05, 4.69) is 30.8 Å². The second-order valence-electron chi connectivity index (χ2n) is 7.25. The first kappa shape index (κ1) is 23.6. The molecule has 1 atom stereocenters. The molecule has 1 aromatic rings. The number of carbonyl (C=O) groups excluding carboxylic acids is 3. The quantitative estimate of drug-likeness (QED) is 0.592. The minimum absolute atomic E-state index is 0.0106. The summed E-state index contributed by atoms with van der Waals surface area (Å²) in [5.41, 5.74) is 1.01. The zero-order valence-corrected chi connectivity index (χ0v) is 17.1. The number of ether oxygens (including phenoxy) is 2. The summed E-state index contributed by atoms with van der Waals surface area (Å²) < 4.78 is 9.33. The van der Waals surface area contributed by atoms with Crippen molar-refractivity contribution in [2.24, 2.45) is 5.92 Å². The van der Waals surface area contributed by atoms with Gasteiger partial charge in [-0.15, -0.1) is 0 Å². The molecule has 7 nitrogen and oxygen atoms in total. The lowest BCUT2D eigenvalue weighted by Crippen LogP contribution is -2.40. The number of nitrogens with one attached hydrogen (secondary N) is 1. The molecule has 0 spiro atoms. The summed E-state index contributed by atoms with van der Waals surface area (Å²) in [5, 5.41) is 2.57. The molecule has 3 rings (SSSR count). The minimum Gasteiger partial charge on any atom is -0.463 e. The minimum atomic E-state index is -0.304. The summed E-state index contributed by atoms with van der Waals surface area (Å²) in [7, 11) is 0. The van der Waals surface area contributed by atoms with Gasteiger partial charge < -0.3 is 19.7 Å². The number of amides is 2. The number of nitrogens with zero attached hydrogens (tertiary/aromatic N) is 1. The van der Waals surface area contributed by atoms with Crippen LogP contribution in [0.15, 0.2) is 30.3 Å². The number of likely N-dealkylation sites (tertiary alicyclic amines) is 1. The number of benzene rings is 1. The van der Waals surface area contributed by atoms with E-state index >= 15 is 0 Å². The molecule has 28 heavy (non-hydrogen) atoms. The Hall–Kier alpha value is -2.41. The van der Waals surface area contributed by atoms with Crippen molar-refractivity contribution in [2.45, 2.75) is 46.3 Å². The fraction of sp³-hybridized carbons (Fsp3) is 0.571. The van der Waals surface area contributed by atoms with Crippen LogP contribution in [-0.4, -0.2) is 55.5 Å². The third kappa shape index (κ3) is 11.3. The van der Waals surface area contributed by atoms with Crippen molar-refractivity contribution >= 4 is 18.3 Å². The number of hydrogen-bond donors (Lipinski definition) is 1. The summed E-state index contributed by atoms with van der Waals surface area (Å²) in [6.07, 6.45) is 1.85. The van der Waals surface area contributed by atoms with Gasteiger partial charge in [-0.1, -0.05) is 51.1 Å². The van der Waals surface area contributed by atoms with E-state index in [1.54, 1.807) is 4.90 Å². The monoisotopic (exact) mass is 392 g/mol. The van der Waals surface area contributed by atoms with E-state index in [0.29, 0.717) is 19.7 Å². The molecule has 0 saturated carbocycles. The highest BCUT2D eigenvalue weighted by Crippen LogP contribution is 2.09. The van der Waals surface area contributed by atoms with Crippen molar-refractivity contribution in [3.8, 4) is 0 Å². The third-order valence-electron chi connectivity index (χ3n) is 3.66. The van der Waals surface area contributed by atoms with Crippen LogP contribution in [0.1, 0.15) is 39.2 Å². The molecule has 2 heterocycles. The van der Waals surface area contributed by atoms with Gasteiger partial charge in [0.2, 0.25) is 5.91 Å². The number of carbonyl (C=O) groups is 3. The average Bonchev–Trinajstić information content (AvgIpc) is 3.39. The lowest BCUT2D eigenvalue weighted by atomic mass is 10.2. The van der Waals surface area contributed by atoms with E-state index in [-0.39, 0.29) is 24.5 Å². The van der Waals surface area contributed by atoms with Crippen molar-refractivity contribution in [2.75, 3.05) is 26.2 Å². The Kier molecular flexibility index (Phi) is 11.6. The van der Waals surface area contributed by atoms with E-state index in [4.69, 9.17) is 4.74 Å². The first-order valence-corrected chi connectivity index (χ1v) is 9.70. The fourth-order valence-electron chi connectivity index (χ4n) is 2.26. The molecule has 2 saturated heterocycles. The Labute approximate surface area is 167 Å². The van der Waals surface area contributed by atoms with E-state index in [0.717, 1.165) is 37.4 Å². The molecule has 0 aromatic heterocycles. The van der Waals surface area contributed by atoms with Gasteiger partial charge in [-0.2, -0.15) is 0 Å². The van der Waals surface area contributed by atoms with E-state index in [1.165, 1.54) is 0 Å². The lowest BCUT2D eigenvalue weighted by molar-refractivity contribution is -0.132. The summed E-state index contributed by atoms with van der Waals surface area (Å²) in [5.74, 6) is 0.675. The van der Waals surface area contributed by atoms with Crippen LogP contribution in [0.2, 0.25) is 0 Å². The normalized spacial score (nSPS) is 16.9. The van der Waals surface area contributed by atoms with Gasteiger partial charge in [0.25, 0.3) is 12.4 Å². The highest BCUT2D eigenvalue weighted by atomic mass is 16.6. The average molecular weight is 392 g/mol. The molecular weight excluding hydrogens is 360 g/mol. The van der Waals surface area contributed by atoms with Gasteiger partial charge >= 0.3 is 0 Å². The number of rotatable bonds is 6. The van der Waals surface area contributed by atoms with Gasteiger partial charge in [-0.3, -0.25) is 14.4 Å². The Balaban J connectivity index is 0.000000245. The standard InChI is InChI=1S/C9H14N2O3.C8H8O2.C4H10/c12-8(11-3-1-2-4-11)5-10-9(13)7-6-14-7;9-7-10-6-8-4-2-1-3-5-8;1-4(2)3/h7H,1-6H2,(H,10,13);1-5,7H,6H2;4H,1-3H3/t7-;;/m0../s1. The van der Waals surface area contributed by atoms with Crippen molar-refractivity contribution in [1.29, 1.82) is 0 Å². The zero-order chi connectivity index (χ0) is 20.8. The lowest BCUT2D eigenvalue weighted by Gasteiger charge is -2.14. The molecule has 156 valence electrons. The van der Waals surface area contributed by atoms with Crippen LogP contribution >= 0.6 is 0 Å². The van der Waals surface area contributed by atoms with Crippen molar-refractivity contribution in [3.63, 3.8) is 0 Å². The van der Waals surface area contributed by atoms with Crippen molar-refractivity contribution < 1.29 is 23.9 Å². The van der Waals surface area contributed by atoms with Crippen LogP contribution in [0.4, 0.5) is 0 Å². The first-order valence-electron chi connectivity index (χ1n) is 9.70. The van der Waals surface area contributed by atoms with E-state index < -0.39 is 0 Å². The molecule has 0 bridgehead atoms. The van der Waals surface area contributed by atoms with Crippen molar-refractivity contribution in [3.05, 3.63) is 35.9 Å². The smallest absolute Gasteiger partial charge is 0.293 e. The van der Waals surface area contributed by atoms with Gasteiger partial charge in [-0.05, 0) is 24.3 Å². The Morgan fingerprint density at radius 2 is 1.79 bits per heavy atom. The molecule has 2 amide bonds. The number of hydrogen-bond acceptors (Lipinski definition) is 5. The topological polar surface area (TPSA) is 88.2 Å². The predicted octanol–water partition coefficient (Wildman–Crippen LogP) is 2.15. The zero-order valence-electron chi connectivity index (χ0n) is 17.1. The summed E-state index contributed by atoms with van der Waals surface area (Å²) in [6, 6.07) is 9.55. The summed E-state index contributed by atoms with van der Waals surface area (Å²) in [4.78, 5) is 34.1. The van der Waals surface area contributed by atoms with E-state index in [1.807, 2.05) is 30.3 Å². The molecule has 2 aliphatic rings. The maximum atomic E-state index is 11.5. The highest BCUT2D eigenvalue weighted by molar-refractivity contribution is 5.88. The Bertz CT molecular complexity index is 579. The SMILES string of the molecule is CC(C)C.O=C(NCC(=O)N1CCCC1)[C@@H]1CO1.O=COCc1ccccc1. The van der Waals surface area contributed by atoms with Crippen LogP contribution in [-0.2, 0) is 30.5 Å². The summed E-state index contributed by atoms with van der Waals surface area (Å²) >= 11 is 0. The molecule has 2 fully saturated rings. The van der Waals surface area contributed by atoms with E-state index in [9.17, 15) is 14.4 Å². The fourth-order valence-corrected chi connectivity index (χ4v) is 2.26. The van der Waals surface area contributed by atoms with Gasteiger partial charge in [0.15, 0.2) is 6.10 Å². The van der Waals surface area contributed by atoms with Gasteiger partial charge in [0.1, 0.15) is 6.61 Å². The van der Waals surface area contributed by atoms with Gasteiger partial charge in [0.05, 0.1) is 13.2 Å². The number of epoxide rings is 1. The van der Waals surface area contributed by atoms with Crippen LogP contribution in [0.25, 0.3) is 0 Å². The van der Waals surface area contributed by atoms with Gasteiger partial charge in [0, 0.05) is 13.1 Å². The molecular formula is C21H32N2O5. The summed E-state index contributed by atoms with van der Waals surface area (Å²) in [6.45, 7) is 9.57. The molecule has 2 aliphatic heterocycles. The largest absolute Gasteiger partial charge is 0.463 e. The van der Waals surface area contributed by atoms with Crippen molar-refractivity contribution in [1.82, 2.24) is 10.2 Å². The maximum absolute atomic E-state index is 11.5. The second kappa shape index (κ2) is 13.7. The molecule has 0 unspecified atom stereocenters. The highest BCUT2D eigenvalue weighted by Gasteiger charge is 2.31. The Morgan fingerprint density at radius 1 is 1.21 bits per heavy atom. The first-order chi connectivity index (χ1) is 13.4. The maximum Gasteiger partial charge on any atom is 0.293 e. The van der Waals surface area contributed by atoms with Crippen LogP contribution < -0.4 is 5.32 Å². The third-order valence-corrected chi connectivity index (χ3v) is 3.66. The second-order valence-corrected chi connectivity index (χ2v) is 7.25. The van der Waals surface area contributed by atoms with Crippen LogP contribution in [0, 0.1) is 5.92 Å². The predicted molar refractivity (Wildman–Crippen MR) is 106 cm³/mol. The molecule has 0 aliphatic carbocycles. The molecule has 1 N–H and O–H groups in total. The molecule has 7 heteroatoms. The van der Waals surface area contributed by atoms with Gasteiger partial charge in [-0.25, -0.2) is 0 Å². The molecule has 1 aromatic carbocycles. The van der Waals surface area contributed by atoms with Crippen LogP contribution in [0.3, 0.4) is 0 Å². The molecule has 0 radical (unpaired) electrons. The van der Waals surface area contributed by atoms with Crippen LogP contribution in [0.5, 0.6) is 0 Å². The Morgan fingerprint density at radius 3 is 2.29 bits per heavy atom.